The predicted molar refractivity (Wildman–Crippen MR) is 74.6 cm³/mol. The van der Waals surface area contributed by atoms with Crippen molar-refractivity contribution in [2.75, 3.05) is 7.11 Å². The van der Waals surface area contributed by atoms with Gasteiger partial charge in [0.05, 0.1) is 7.11 Å². The van der Waals surface area contributed by atoms with Crippen LogP contribution in [0.2, 0.25) is 0 Å². The number of amides is 2. The molecule has 8 nitrogen and oxygen atoms in total. The zero-order chi connectivity index (χ0) is 15.8. The van der Waals surface area contributed by atoms with Crippen LogP contribution in [-0.4, -0.2) is 48.3 Å². The van der Waals surface area contributed by atoms with Gasteiger partial charge in [0.15, 0.2) is 0 Å². The van der Waals surface area contributed by atoms with Gasteiger partial charge in [0.25, 0.3) is 0 Å². The van der Waals surface area contributed by atoms with Crippen LogP contribution in [0.1, 0.15) is 38.5 Å². The Labute approximate surface area is 123 Å². The van der Waals surface area contributed by atoms with Gasteiger partial charge in [0.1, 0.15) is 6.04 Å². The molecule has 1 aliphatic carbocycles. The summed E-state index contributed by atoms with van der Waals surface area (Å²) in [5.74, 6) is -1.71. The zero-order valence-electron chi connectivity index (χ0n) is 12.1. The Morgan fingerprint density at radius 3 is 2.57 bits per heavy atom. The van der Waals surface area contributed by atoms with E-state index < -0.39 is 24.0 Å². The summed E-state index contributed by atoms with van der Waals surface area (Å²) in [5.41, 5.74) is 5.91. The van der Waals surface area contributed by atoms with E-state index in [-0.39, 0.29) is 24.9 Å². The molecule has 3 atom stereocenters. The molecule has 0 radical (unpaired) electrons. The molecule has 1 saturated carbocycles. The fourth-order valence-corrected chi connectivity index (χ4v) is 2.33. The molecule has 8 heteroatoms. The highest BCUT2D eigenvalue weighted by Crippen LogP contribution is 2.16. The van der Waals surface area contributed by atoms with Crippen molar-refractivity contribution in [3.05, 3.63) is 0 Å². The highest BCUT2D eigenvalue weighted by atomic mass is 16.5. The number of carboxylic acids is 1. The number of nitrogens with one attached hydrogen (secondary N) is 2. The van der Waals surface area contributed by atoms with E-state index in [9.17, 15) is 14.4 Å². The summed E-state index contributed by atoms with van der Waals surface area (Å²) in [6.45, 7) is 0. The number of urea groups is 1. The molecule has 0 aromatic rings. The van der Waals surface area contributed by atoms with E-state index in [1.165, 1.54) is 7.11 Å². The zero-order valence-corrected chi connectivity index (χ0v) is 12.1. The van der Waals surface area contributed by atoms with Gasteiger partial charge < -0.3 is 26.2 Å². The van der Waals surface area contributed by atoms with Gasteiger partial charge in [0, 0.05) is 18.5 Å². The molecule has 0 bridgehead atoms. The maximum Gasteiger partial charge on any atom is 0.326 e. The molecule has 0 heterocycles. The van der Waals surface area contributed by atoms with Crippen molar-refractivity contribution in [1.29, 1.82) is 0 Å². The molecule has 5 N–H and O–H groups in total. The van der Waals surface area contributed by atoms with Crippen molar-refractivity contribution in [2.24, 2.45) is 5.73 Å². The first-order valence-electron chi connectivity index (χ1n) is 7.06. The first-order chi connectivity index (χ1) is 9.93. The second-order valence-electron chi connectivity index (χ2n) is 5.18. The van der Waals surface area contributed by atoms with Crippen LogP contribution >= 0.6 is 0 Å². The van der Waals surface area contributed by atoms with Crippen LogP contribution < -0.4 is 16.4 Å². The van der Waals surface area contributed by atoms with Crippen molar-refractivity contribution >= 4 is 18.0 Å². The number of rotatable bonds is 6. The summed E-state index contributed by atoms with van der Waals surface area (Å²) in [4.78, 5) is 33.9. The summed E-state index contributed by atoms with van der Waals surface area (Å²) < 4.78 is 4.44. The summed E-state index contributed by atoms with van der Waals surface area (Å²) in [7, 11) is 1.22. The Balaban J connectivity index is 2.44. The number of esters is 1. The summed E-state index contributed by atoms with van der Waals surface area (Å²) in [5, 5.41) is 14.1. The monoisotopic (exact) mass is 301 g/mol. The first kappa shape index (κ1) is 17.2. The maximum absolute atomic E-state index is 11.8. The number of carboxylic acid groups (broad SMARTS) is 1. The average Bonchev–Trinajstić information content (AvgIpc) is 2.45. The molecule has 0 saturated heterocycles. The SMILES string of the molecule is COC(=O)CC[C@@H](NC(=O)NC1CCCCC1N)C(=O)O. The third-order valence-electron chi connectivity index (χ3n) is 3.60. The molecule has 1 rings (SSSR count). The van der Waals surface area contributed by atoms with Gasteiger partial charge in [-0.1, -0.05) is 12.8 Å². The van der Waals surface area contributed by atoms with Crippen LogP contribution in [-0.2, 0) is 14.3 Å². The number of nitrogens with two attached hydrogens (primary N) is 1. The van der Waals surface area contributed by atoms with Crippen molar-refractivity contribution in [2.45, 2.75) is 56.7 Å². The van der Waals surface area contributed by atoms with Gasteiger partial charge in [-0.25, -0.2) is 9.59 Å². The van der Waals surface area contributed by atoms with Gasteiger partial charge in [-0.05, 0) is 19.3 Å². The molecule has 0 spiro atoms. The Bertz CT molecular complexity index is 388. The number of carbonyl (C=O) groups is 3. The minimum absolute atomic E-state index is 0.0217. The third kappa shape index (κ3) is 5.99. The van der Waals surface area contributed by atoms with Crippen LogP contribution in [0.5, 0.6) is 0 Å². The largest absolute Gasteiger partial charge is 0.480 e. The Kier molecular flexibility index (Phi) is 6.93. The van der Waals surface area contributed by atoms with Gasteiger partial charge in [0.2, 0.25) is 0 Å². The highest BCUT2D eigenvalue weighted by molar-refractivity contribution is 5.83. The quantitative estimate of drug-likeness (QED) is 0.509. The van der Waals surface area contributed by atoms with Crippen LogP contribution in [0.25, 0.3) is 0 Å². The minimum Gasteiger partial charge on any atom is -0.480 e. The lowest BCUT2D eigenvalue weighted by atomic mass is 9.91. The van der Waals surface area contributed by atoms with Crippen molar-refractivity contribution < 1.29 is 24.2 Å². The summed E-state index contributed by atoms with van der Waals surface area (Å²) >= 11 is 0. The molecule has 2 amide bonds. The van der Waals surface area contributed by atoms with Crippen LogP contribution in [0.15, 0.2) is 0 Å². The van der Waals surface area contributed by atoms with Gasteiger partial charge in [-0.15, -0.1) is 0 Å². The Morgan fingerprint density at radius 2 is 2.00 bits per heavy atom. The van der Waals surface area contributed by atoms with E-state index in [1.54, 1.807) is 0 Å². The molecular weight excluding hydrogens is 278 g/mol. The lowest BCUT2D eigenvalue weighted by Crippen LogP contribution is -2.54. The third-order valence-corrected chi connectivity index (χ3v) is 3.60. The van der Waals surface area contributed by atoms with Gasteiger partial charge in [-0.2, -0.15) is 0 Å². The lowest BCUT2D eigenvalue weighted by Gasteiger charge is -2.29. The van der Waals surface area contributed by atoms with Gasteiger partial charge in [-0.3, -0.25) is 4.79 Å². The minimum atomic E-state index is -1.19. The van der Waals surface area contributed by atoms with E-state index in [2.05, 4.69) is 15.4 Å². The number of ether oxygens (including phenoxy) is 1. The molecule has 2 unspecified atom stereocenters. The van der Waals surface area contributed by atoms with Crippen molar-refractivity contribution in [3.8, 4) is 0 Å². The number of hydrogen-bond donors (Lipinski definition) is 4. The highest BCUT2D eigenvalue weighted by Gasteiger charge is 2.26. The molecule has 21 heavy (non-hydrogen) atoms. The normalized spacial score (nSPS) is 23.0. The van der Waals surface area contributed by atoms with Crippen molar-refractivity contribution in [1.82, 2.24) is 10.6 Å². The number of aliphatic carboxylic acids is 1. The first-order valence-corrected chi connectivity index (χ1v) is 7.06. The summed E-state index contributed by atoms with van der Waals surface area (Å²) in [6.07, 6.45) is 3.56. The van der Waals surface area contributed by atoms with E-state index >= 15 is 0 Å². The van der Waals surface area contributed by atoms with Crippen LogP contribution in [0, 0.1) is 0 Å². The number of carbonyl (C=O) groups excluding carboxylic acids is 2. The van der Waals surface area contributed by atoms with Crippen LogP contribution in [0.3, 0.4) is 0 Å². The number of hydrogen-bond acceptors (Lipinski definition) is 5. The molecule has 120 valence electrons. The summed E-state index contributed by atoms with van der Waals surface area (Å²) in [6, 6.07) is -1.96. The van der Waals surface area contributed by atoms with E-state index in [0.29, 0.717) is 0 Å². The molecule has 0 aromatic carbocycles. The predicted octanol–water partition coefficient (Wildman–Crippen LogP) is -0.0381. The smallest absolute Gasteiger partial charge is 0.326 e. The average molecular weight is 301 g/mol. The topological polar surface area (TPSA) is 131 Å². The number of methoxy groups -OCH3 is 1. The van der Waals surface area contributed by atoms with Crippen molar-refractivity contribution in [3.63, 3.8) is 0 Å². The van der Waals surface area contributed by atoms with E-state index in [0.717, 1.165) is 25.7 Å². The molecule has 1 fully saturated rings. The van der Waals surface area contributed by atoms with E-state index in [4.69, 9.17) is 10.8 Å². The van der Waals surface area contributed by atoms with E-state index in [1.807, 2.05) is 0 Å². The second-order valence-corrected chi connectivity index (χ2v) is 5.18. The second kappa shape index (κ2) is 8.46. The van der Waals surface area contributed by atoms with Crippen LogP contribution in [0.4, 0.5) is 4.79 Å². The maximum atomic E-state index is 11.8. The molecule has 1 aliphatic rings. The Morgan fingerprint density at radius 1 is 1.33 bits per heavy atom. The fourth-order valence-electron chi connectivity index (χ4n) is 2.33. The molecular formula is C13H23N3O5. The lowest BCUT2D eigenvalue weighted by molar-refractivity contribution is -0.142. The van der Waals surface area contributed by atoms with Gasteiger partial charge >= 0.3 is 18.0 Å². The standard InChI is InChI=1S/C13H23N3O5/c1-21-11(17)7-6-10(12(18)19)16-13(20)15-9-5-3-2-4-8(9)14/h8-10H,2-7,14H2,1H3,(H,18,19)(H2,15,16,20)/t8?,9?,10-/m1/s1. The molecule has 0 aliphatic heterocycles. The fraction of sp³-hybridized carbons (Fsp3) is 0.769. The Hall–Kier alpha value is -1.83. The molecule has 0 aromatic heterocycles.